The Hall–Kier alpha value is -2.47. The number of piperidine rings is 1. The summed E-state index contributed by atoms with van der Waals surface area (Å²) in [5, 5.41) is 0. The van der Waals surface area contributed by atoms with Crippen molar-refractivity contribution in [3.8, 4) is 0 Å². The van der Waals surface area contributed by atoms with Gasteiger partial charge >= 0.3 is 6.03 Å². The number of aromatic nitrogens is 1. The monoisotopic (exact) mass is 410 g/mol. The second-order valence-corrected chi connectivity index (χ2v) is 9.34. The predicted octanol–water partition coefficient (Wildman–Crippen LogP) is 4.34. The normalized spacial score (nSPS) is 18.7. The summed E-state index contributed by atoms with van der Waals surface area (Å²) < 4.78 is 13.5. The molecule has 2 aromatic rings. The maximum absolute atomic E-state index is 13.5. The Morgan fingerprint density at radius 2 is 1.97 bits per heavy atom. The minimum absolute atomic E-state index is 0.0821. The fourth-order valence-electron chi connectivity index (χ4n) is 4.71. The Kier molecular flexibility index (Phi) is 5.53. The molecule has 0 bridgehead atoms. The maximum atomic E-state index is 13.5. The molecule has 1 saturated heterocycles. The molecule has 0 saturated carbocycles. The van der Waals surface area contributed by atoms with Gasteiger partial charge in [0.1, 0.15) is 5.82 Å². The van der Waals surface area contributed by atoms with Crippen molar-refractivity contribution in [3.05, 3.63) is 59.2 Å². The third-order valence-electron chi connectivity index (χ3n) is 6.41. The van der Waals surface area contributed by atoms with Crippen molar-refractivity contribution < 1.29 is 9.18 Å². The van der Waals surface area contributed by atoms with Gasteiger partial charge in [0.25, 0.3) is 0 Å². The van der Waals surface area contributed by atoms with Crippen LogP contribution in [0, 0.1) is 12.7 Å². The molecule has 3 heterocycles. The second-order valence-electron chi connectivity index (χ2n) is 9.34. The van der Waals surface area contributed by atoms with Crippen molar-refractivity contribution >= 4 is 11.7 Å². The summed E-state index contributed by atoms with van der Waals surface area (Å²) in [6.07, 6.45) is 1.85. The summed E-state index contributed by atoms with van der Waals surface area (Å²) in [5.41, 5.74) is 3.79. The summed E-state index contributed by atoms with van der Waals surface area (Å²) in [6.45, 7) is 9.15. The van der Waals surface area contributed by atoms with E-state index in [1.54, 1.807) is 12.1 Å². The fraction of sp³-hybridized carbons (Fsp3) is 0.500. The maximum Gasteiger partial charge on any atom is 0.324 e. The van der Waals surface area contributed by atoms with Crippen molar-refractivity contribution in [2.75, 3.05) is 31.6 Å². The molecule has 0 radical (unpaired) electrons. The van der Waals surface area contributed by atoms with Gasteiger partial charge in [-0.2, -0.15) is 0 Å². The Labute approximate surface area is 178 Å². The van der Waals surface area contributed by atoms with Gasteiger partial charge in [0.15, 0.2) is 0 Å². The lowest BCUT2D eigenvalue weighted by molar-refractivity contribution is 0.133. The summed E-state index contributed by atoms with van der Waals surface area (Å²) >= 11 is 0. The van der Waals surface area contributed by atoms with E-state index in [1.807, 2.05) is 34.9 Å². The molecule has 2 aliphatic heterocycles. The van der Waals surface area contributed by atoms with E-state index in [-0.39, 0.29) is 17.3 Å². The topological polar surface area (TPSA) is 39.7 Å². The number of aryl methyl sites for hydroxylation is 1. The molecule has 30 heavy (non-hydrogen) atoms. The Morgan fingerprint density at radius 3 is 2.67 bits per heavy atom. The number of nitrogens with zero attached hydrogens (tertiary/aromatic N) is 4. The molecular weight excluding hydrogens is 379 g/mol. The largest absolute Gasteiger partial charge is 0.324 e. The molecule has 4 rings (SSSR count). The number of fused-ring (bicyclic) bond motifs is 1. The number of hydrogen-bond acceptors (Lipinski definition) is 3. The molecule has 0 spiro atoms. The Morgan fingerprint density at radius 1 is 1.23 bits per heavy atom. The first-order valence-electron chi connectivity index (χ1n) is 10.7. The number of halogens is 1. The van der Waals surface area contributed by atoms with Crippen LogP contribution in [0.15, 0.2) is 36.4 Å². The van der Waals surface area contributed by atoms with Gasteiger partial charge < -0.3 is 4.90 Å². The van der Waals surface area contributed by atoms with E-state index < -0.39 is 0 Å². The quantitative estimate of drug-likeness (QED) is 0.756. The SMILES string of the molecule is Cc1ccc2c(n1)C(C)(C)CN2C(=O)N1CCC(N(C)Cc2cccc(F)c2)CC1. The molecular formula is C24H31FN4O. The Bertz CT molecular complexity index is 937. The van der Waals surface area contributed by atoms with E-state index in [2.05, 4.69) is 25.8 Å². The van der Waals surface area contributed by atoms with Gasteiger partial charge in [-0.3, -0.25) is 14.8 Å². The van der Waals surface area contributed by atoms with E-state index in [1.165, 1.54) is 6.07 Å². The zero-order valence-corrected chi connectivity index (χ0v) is 18.4. The number of benzene rings is 1. The van der Waals surface area contributed by atoms with Gasteiger partial charge in [0.2, 0.25) is 0 Å². The van der Waals surface area contributed by atoms with Crippen LogP contribution in [-0.2, 0) is 12.0 Å². The molecule has 0 aliphatic carbocycles. The third-order valence-corrected chi connectivity index (χ3v) is 6.41. The zero-order valence-electron chi connectivity index (χ0n) is 18.4. The molecule has 0 N–H and O–H groups in total. The van der Waals surface area contributed by atoms with E-state index in [0.29, 0.717) is 12.6 Å². The molecule has 1 fully saturated rings. The van der Waals surface area contributed by atoms with Gasteiger partial charge in [-0.05, 0) is 56.6 Å². The number of pyridine rings is 1. The Balaban J connectivity index is 1.38. The molecule has 160 valence electrons. The molecule has 1 aromatic carbocycles. The predicted molar refractivity (Wildman–Crippen MR) is 117 cm³/mol. The average molecular weight is 411 g/mol. The summed E-state index contributed by atoms with van der Waals surface area (Å²) in [5.74, 6) is -0.195. The molecule has 0 unspecified atom stereocenters. The van der Waals surface area contributed by atoms with Crippen molar-refractivity contribution in [2.45, 2.75) is 51.6 Å². The summed E-state index contributed by atoms with van der Waals surface area (Å²) in [6, 6.07) is 11.3. The van der Waals surface area contributed by atoms with Crippen LogP contribution < -0.4 is 4.90 Å². The molecule has 0 atom stereocenters. The lowest BCUT2D eigenvalue weighted by Gasteiger charge is -2.38. The molecule has 6 heteroatoms. The van der Waals surface area contributed by atoms with Crippen molar-refractivity contribution in [3.63, 3.8) is 0 Å². The van der Waals surface area contributed by atoms with Crippen molar-refractivity contribution in [1.29, 1.82) is 0 Å². The number of carbonyl (C=O) groups is 1. The highest BCUT2D eigenvalue weighted by Gasteiger charge is 2.41. The number of carbonyl (C=O) groups excluding carboxylic acids is 1. The summed E-state index contributed by atoms with van der Waals surface area (Å²) in [4.78, 5) is 24.2. The van der Waals surface area contributed by atoms with Gasteiger partial charge in [-0.1, -0.05) is 26.0 Å². The number of anilines is 1. The third kappa shape index (κ3) is 4.06. The number of urea groups is 1. The highest BCUT2D eigenvalue weighted by atomic mass is 19.1. The first-order valence-corrected chi connectivity index (χ1v) is 10.7. The second kappa shape index (κ2) is 7.99. The average Bonchev–Trinajstić information content (AvgIpc) is 2.98. The first-order chi connectivity index (χ1) is 14.2. The number of amides is 2. The van der Waals surface area contributed by atoms with E-state index in [9.17, 15) is 9.18 Å². The lowest BCUT2D eigenvalue weighted by Crippen LogP contribution is -2.50. The lowest BCUT2D eigenvalue weighted by atomic mass is 9.91. The van der Waals surface area contributed by atoms with Crippen molar-refractivity contribution in [1.82, 2.24) is 14.8 Å². The van der Waals surface area contributed by atoms with Crippen LogP contribution in [0.3, 0.4) is 0 Å². The van der Waals surface area contributed by atoms with Crippen molar-refractivity contribution in [2.24, 2.45) is 0 Å². The smallest absolute Gasteiger partial charge is 0.324 e. The van der Waals surface area contributed by atoms with Crippen LogP contribution in [0.25, 0.3) is 0 Å². The van der Waals surface area contributed by atoms with Crippen LogP contribution in [0.1, 0.15) is 43.6 Å². The zero-order chi connectivity index (χ0) is 21.5. The molecule has 1 aromatic heterocycles. The van der Waals surface area contributed by atoms with E-state index in [0.717, 1.165) is 55.1 Å². The number of hydrogen-bond donors (Lipinski definition) is 0. The van der Waals surface area contributed by atoms with E-state index in [4.69, 9.17) is 4.98 Å². The molecule has 2 amide bonds. The standard InChI is InChI=1S/C24H31FN4O/c1-17-8-9-21-22(26-17)24(2,3)16-29(21)23(30)28-12-10-20(11-13-28)27(4)15-18-6-5-7-19(25)14-18/h5-9,14,20H,10-13,15-16H2,1-4H3. The number of rotatable bonds is 3. The van der Waals surface area contributed by atoms with Crippen LogP contribution in [0.2, 0.25) is 0 Å². The highest BCUT2D eigenvalue weighted by molar-refractivity contribution is 5.94. The fourth-order valence-corrected chi connectivity index (χ4v) is 4.71. The molecule has 5 nitrogen and oxygen atoms in total. The number of likely N-dealkylation sites (tertiary alicyclic amines) is 1. The van der Waals surface area contributed by atoms with E-state index >= 15 is 0 Å². The minimum atomic E-state index is -0.195. The van der Waals surface area contributed by atoms with Crippen LogP contribution in [0.5, 0.6) is 0 Å². The van der Waals surface area contributed by atoms with Gasteiger partial charge in [0.05, 0.1) is 11.4 Å². The van der Waals surface area contributed by atoms with Gasteiger partial charge in [0, 0.05) is 43.3 Å². The van der Waals surface area contributed by atoms with Gasteiger partial charge in [-0.25, -0.2) is 9.18 Å². The minimum Gasteiger partial charge on any atom is -0.324 e. The molecule has 2 aliphatic rings. The van der Waals surface area contributed by atoms with Crippen LogP contribution >= 0.6 is 0 Å². The van der Waals surface area contributed by atoms with Gasteiger partial charge in [-0.15, -0.1) is 0 Å². The van der Waals surface area contributed by atoms with Crippen LogP contribution in [-0.4, -0.2) is 53.5 Å². The first kappa shape index (κ1) is 20.8. The van der Waals surface area contributed by atoms with Crippen LogP contribution in [0.4, 0.5) is 14.9 Å². The summed E-state index contributed by atoms with van der Waals surface area (Å²) in [7, 11) is 2.08. The highest BCUT2D eigenvalue weighted by Crippen LogP contribution is 2.39.